The number of piperidine rings is 1. The third-order valence-electron chi connectivity index (χ3n) is 7.68. The van der Waals surface area contributed by atoms with E-state index < -0.39 is 0 Å². The number of anilines is 1. The van der Waals surface area contributed by atoms with Crippen LogP contribution < -0.4 is 16.2 Å². The average Bonchev–Trinajstić information content (AvgIpc) is 3.55. The summed E-state index contributed by atoms with van der Waals surface area (Å²) in [5.74, 6) is 0.663. The lowest BCUT2D eigenvalue weighted by Crippen LogP contribution is -2.50. The van der Waals surface area contributed by atoms with Crippen molar-refractivity contribution in [2.24, 2.45) is 18.2 Å². The maximum Gasteiger partial charge on any atom is 0.264 e. The molecule has 1 spiro atoms. The lowest BCUT2D eigenvalue weighted by atomic mass is 9.75. The molecule has 10 heteroatoms. The molecule has 1 aromatic carbocycles. The largest absolute Gasteiger partial charge is 0.379 e. The molecule has 6 rings (SSSR count). The summed E-state index contributed by atoms with van der Waals surface area (Å²) < 4.78 is 9.14. The van der Waals surface area contributed by atoms with Crippen LogP contribution in [0, 0.1) is 5.41 Å². The first-order chi connectivity index (χ1) is 16.4. The molecule has 4 aromatic rings. The average molecular weight is 482 g/mol. The monoisotopic (exact) mass is 481 g/mol. The molecular weight excluding hydrogens is 454 g/mol. The number of H-pyrrole nitrogens is 1. The van der Waals surface area contributed by atoms with E-state index in [0.717, 1.165) is 61.1 Å². The zero-order valence-corrected chi connectivity index (χ0v) is 20.1. The van der Waals surface area contributed by atoms with Gasteiger partial charge >= 0.3 is 0 Å². The molecule has 2 aliphatic heterocycles. The highest BCUT2D eigenvalue weighted by atomic mass is 35.5. The normalized spacial score (nSPS) is 20.2. The molecule has 0 amide bonds. The van der Waals surface area contributed by atoms with E-state index in [-0.39, 0.29) is 17.0 Å². The SMILES string of the molecule is CCn1cc2ccc(-c3c[nH]c4nc(N5CCC6(CC5)COC[C@H]6N)n(C)c(=O)c34)c(Cl)c2n1. The van der Waals surface area contributed by atoms with Gasteiger partial charge in [0.1, 0.15) is 11.2 Å². The quantitative estimate of drug-likeness (QED) is 0.466. The molecule has 5 heterocycles. The Bertz CT molecular complexity index is 1460. The van der Waals surface area contributed by atoms with E-state index in [1.165, 1.54) is 0 Å². The summed E-state index contributed by atoms with van der Waals surface area (Å²) in [4.78, 5) is 23.8. The second-order valence-corrected chi connectivity index (χ2v) is 9.90. The molecule has 1 atom stereocenters. The Hall–Kier alpha value is -2.88. The van der Waals surface area contributed by atoms with Crippen LogP contribution >= 0.6 is 11.6 Å². The van der Waals surface area contributed by atoms with Gasteiger partial charge in [0.15, 0.2) is 0 Å². The van der Waals surface area contributed by atoms with Gasteiger partial charge in [-0.1, -0.05) is 23.7 Å². The third kappa shape index (κ3) is 3.10. The highest BCUT2D eigenvalue weighted by Crippen LogP contribution is 2.40. The smallest absolute Gasteiger partial charge is 0.264 e. The summed E-state index contributed by atoms with van der Waals surface area (Å²) in [6.45, 7) is 5.72. The molecule has 2 aliphatic rings. The van der Waals surface area contributed by atoms with Gasteiger partial charge in [-0.05, 0) is 19.8 Å². The van der Waals surface area contributed by atoms with Crippen LogP contribution in [0.25, 0.3) is 33.1 Å². The van der Waals surface area contributed by atoms with Crippen molar-refractivity contribution in [3.63, 3.8) is 0 Å². The van der Waals surface area contributed by atoms with Crippen LogP contribution in [0.5, 0.6) is 0 Å². The van der Waals surface area contributed by atoms with Gasteiger partial charge in [0.2, 0.25) is 5.95 Å². The molecule has 0 unspecified atom stereocenters. The molecule has 9 nitrogen and oxygen atoms in total. The fourth-order valence-corrected chi connectivity index (χ4v) is 5.77. The number of nitrogens with one attached hydrogen (secondary N) is 1. The lowest BCUT2D eigenvalue weighted by molar-refractivity contribution is 0.131. The highest BCUT2D eigenvalue weighted by Gasteiger charge is 2.44. The molecule has 0 saturated carbocycles. The van der Waals surface area contributed by atoms with Gasteiger partial charge in [0, 0.05) is 67.0 Å². The van der Waals surface area contributed by atoms with Gasteiger partial charge in [-0.25, -0.2) is 0 Å². The number of nitrogens with two attached hydrogens (primary N) is 1. The van der Waals surface area contributed by atoms with Gasteiger partial charge in [-0.3, -0.25) is 14.0 Å². The summed E-state index contributed by atoms with van der Waals surface area (Å²) in [5, 5.41) is 6.62. The predicted molar refractivity (Wildman–Crippen MR) is 133 cm³/mol. The summed E-state index contributed by atoms with van der Waals surface area (Å²) >= 11 is 6.77. The van der Waals surface area contributed by atoms with Crippen molar-refractivity contribution in [3.8, 4) is 11.1 Å². The number of fused-ring (bicyclic) bond motifs is 2. The van der Waals surface area contributed by atoms with Crippen LogP contribution in [0.4, 0.5) is 5.95 Å². The predicted octanol–water partition coefficient (Wildman–Crippen LogP) is 2.90. The van der Waals surface area contributed by atoms with Crippen molar-refractivity contribution in [2.45, 2.75) is 32.4 Å². The number of aromatic amines is 1. The minimum atomic E-state index is -0.104. The Kier molecular flexibility index (Phi) is 4.98. The molecule has 3 N–H and O–H groups in total. The number of rotatable bonds is 3. The zero-order valence-electron chi connectivity index (χ0n) is 19.3. The number of nitrogens with zero attached hydrogens (tertiary/aromatic N) is 5. The second kappa shape index (κ2) is 7.83. The number of aryl methyl sites for hydroxylation is 1. The van der Waals surface area contributed by atoms with Crippen molar-refractivity contribution in [1.29, 1.82) is 0 Å². The topological polar surface area (TPSA) is 107 Å². The highest BCUT2D eigenvalue weighted by molar-refractivity contribution is 6.38. The first kappa shape index (κ1) is 21.6. The van der Waals surface area contributed by atoms with Crippen LogP contribution in [0.2, 0.25) is 5.02 Å². The zero-order chi connectivity index (χ0) is 23.6. The van der Waals surface area contributed by atoms with Gasteiger partial charge in [0.05, 0.1) is 23.6 Å². The molecule has 3 aromatic heterocycles. The second-order valence-electron chi connectivity index (χ2n) is 9.52. The van der Waals surface area contributed by atoms with Crippen molar-refractivity contribution in [1.82, 2.24) is 24.3 Å². The fourth-order valence-electron chi connectivity index (χ4n) is 5.46. The molecule has 0 bridgehead atoms. The Labute approximate surface area is 201 Å². The molecule has 0 radical (unpaired) electrons. The number of benzene rings is 1. The number of hydrogen-bond donors (Lipinski definition) is 2. The summed E-state index contributed by atoms with van der Waals surface area (Å²) in [5.41, 5.74) is 9.06. The van der Waals surface area contributed by atoms with E-state index >= 15 is 0 Å². The molecule has 34 heavy (non-hydrogen) atoms. The van der Waals surface area contributed by atoms with E-state index in [0.29, 0.717) is 28.6 Å². The molecule has 2 saturated heterocycles. The first-order valence-corrected chi connectivity index (χ1v) is 12.1. The van der Waals surface area contributed by atoms with E-state index in [9.17, 15) is 4.79 Å². The minimum Gasteiger partial charge on any atom is -0.379 e. The minimum absolute atomic E-state index is 0.0409. The standard InChI is InChI=1S/C24H28ClN7O2/c1-3-32-11-14-4-5-15(19(25)20(14)29-32)16-10-27-21-18(16)22(33)30(2)23(28-21)31-8-6-24(7-9-31)13-34-12-17(24)26/h4-5,10-11,17,27H,3,6-9,12-13,26H2,1-2H3/t17-/m1/s1. The van der Waals surface area contributed by atoms with E-state index in [1.807, 2.05) is 36.1 Å². The fraction of sp³-hybridized carbons (Fsp3) is 0.458. The molecule has 2 fully saturated rings. The van der Waals surface area contributed by atoms with E-state index in [1.54, 1.807) is 11.6 Å². The van der Waals surface area contributed by atoms with E-state index in [4.69, 9.17) is 27.1 Å². The Morgan fingerprint density at radius 1 is 1.29 bits per heavy atom. The van der Waals surface area contributed by atoms with Gasteiger partial charge in [-0.2, -0.15) is 10.1 Å². The van der Waals surface area contributed by atoms with Crippen LogP contribution in [0.3, 0.4) is 0 Å². The van der Waals surface area contributed by atoms with Crippen molar-refractivity contribution < 1.29 is 4.74 Å². The Morgan fingerprint density at radius 2 is 2.09 bits per heavy atom. The van der Waals surface area contributed by atoms with E-state index in [2.05, 4.69) is 15.0 Å². The number of halogens is 1. The van der Waals surface area contributed by atoms with Crippen molar-refractivity contribution in [2.75, 3.05) is 31.2 Å². The first-order valence-electron chi connectivity index (χ1n) is 11.7. The summed E-state index contributed by atoms with van der Waals surface area (Å²) in [6, 6.07) is 4.01. The van der Waals surface area contributed by atoms with Gasteiger partial charge in [0.25, 0.3) is 5.56 Å². The van der Waals surface area contributed by atoms with Crippen molar-refractivity contribution >= 4 is 39.5 Å². The van der Waals surface area contributed by atoms with Gasteiger partial charge < -0.3 is 20.4 Å². The number of hydrogen-bond acceptors (Lipinski definition) is 6. The summed E-state index contributed by atoms with van der Waals surface area (Å²) in [6.07, 6.45) is 5.64. The molecule has 178 valence electrons. The van der Waals surface area contributed by atoms with Crippen LogP contribution in [-0.4, -0.2) is 56.7 Å². The molecule has 0 aliphatic carbocycles. The Morgan fingerprint density at radius 3 is 2.79 bits per heavy atom. The Balaban J connectivity index is 1.39. The summed E-state index contributed by atoms with van der Waals surface area (Å²) in [7, 11) is 1.78. The lowest BCUT2D eigenvalue weighted by Gasteiger charge is -2.41. The van der Waals surface area contributed by atoms with Crippen LogP contribution in [0.1, 0.15) is 19.8 Å². The maximum absolute atomic E-state index is 13.5. The van der Waals surface area contributed by atoms with Crippen LogP contribution in [-0.2, 0) is 18.3 Å². The number of ether oxygens (including phenoxy) is 1. The third-order valence-corrected chi connectivity index (χ3v) is 8.07. The van der Waals surface area contributed by atoms with Gasteiger partial charge in [-0.15, -0.1) is 0 Å². The van der Waals surface area contributed by atoms with Crippen molar-refractivity contribution in [3.05, 3.63) is 39.9 Å². The maximum atomic E-state index is 13.5. The number of aromatic nitrogens is 5. The molecular formula is C24H28ClN7O2. The van der Waals surface area contributed by atoms with Crippen LogP contribution in [0.15, 0.2) is 29.3 Å².